The van der Waals surface area contributed by atoms with Gasteiger partial charge in [-0.15, -0.1) is 0 Å². The molecule has 2 aromatic carbocycles. The van der Waals surface area contributed by atoms with E-state index in [1.54, 1.807) is 25.3 Å². The number of amides is 2. The molecule has 0 saturated heterocycles. The molecule has 7 heteroatoms. The molecule has 0 aliphatic carbocycles. The highest BCUT2D eigenvalue weighted by Crippen LogP contribution is 2.22. The van der Waals surface area contributed by atoms with Crippen molar-refractivity contribution in [2.45, 2.75) is 52.1 Å². The molecule has 0 fully saturated rings. The Morgan fingerprint density at radius 1 is 1.16 bits per heavy atom. The molecule has 0 aliphatic heterocycles. The highest BCUT2D eigenvalue weighted by atomic mass is 35.5. The molecule has 2 amide bonds. The molecule has 0 aromatic heterocycles. The summed E-state index contributed by atoms with van der Waals surface area (Å²) in [6, 6.07) is 10.9. The number of halogens is 2. The average molecular weight is 449 g/mol. The van der Waals surface area contributed by atoms with E-state index in [1.165, 1.54) is 17.0 Å². The summed E-state index contributed by atoms with van der Waals surface area (Å²) in [5, 5.41) is 3.10. The lowest BCUT2D eigenvalue weighted by Crippen LogP contribution is -2.49. The van der Waals surface area contributed by atoms with E-state index < -0.39 is 11.9 Å². The highest BCUT2D eigenvalue weighted by molar-refractivity contribution is 6.31. The van der Waals surface area contributed by atoms with Crippen LogP contribution in [0.2, 0.25) is 5.02 Å². The van der Waals surface area contributed by atoms with Crippen LogP contribution in [0.4, 0.5) is 4.39 Å². The van der Waals surface area contributed by atoms with Gasteiger partial charge >= 0.3 is 0 Å². The minimum atomic E-state index is -0.669. The number of rotatable bonds is 11. The van der Waals surface area contributed by atoms with Crippen LogP contribution in [0.5, 0.6) is 5.75 Å². The Balaban J connectivity index is 2.30. The smallest absolute Gasteiger partial charge is 0.242 e. The van der Waals surface area contributed by atoms with Crippen molar-refractivity contribution >= 4 is 23.4 Å². The molecule has 1 N–H and O–H groups in total. The zero-order chi connectivity index (χ0) is 22.8. The van der Waals surface area contributed by atoms with Crippen LogP contribution in [-0.4, -0.2) is 36.4 Å². The van der Waals surface area contributed by atoms with Gasteiger partial charge in [0.15, 0.2) is 0 Å². The second-order valence-corrected chi connectivity index (χ2v) is 7.72. The summed E-state index contributed by atoms with van der Waals surface area (Å²) in [5.41, 5.74) is 0.976. The molecule has 0 heterocycles. The zero-order valence-electron chi connectivity index (χ0n) is 18.3. The number of benzene rings is 2. The zero-order valence-corrected chi connectivity index (χ0v) is 19.0. The molecule has 2 rings (SSSR count). The van der Waals surface area contributed by atoms with E-state index in [-0.39, 0.29) is 35.4 Å². The van der Waals surface area contributed by atoms with Gasteiger partial charge in [-0.25, -0.2) is 4.39 Å². The van der Waals surface area contributed by atoms with Gasteiger partial charge in [0, 0.05) is 23.7 Å². The summed E-state index contributed by atoms with van der Waals surface area (Å²) < 4.78 is 19.5. The normalized spacial score (nSPS) is 11.6. The lowest BCUT2D eigenvalue weighted by atomic mass is 10.1. The summed E-state index contributed by atoms with van der Waals surface area (Å²) >= 11 is 6.13. The van der Waals surface area contributed by atoms with Crippen LogP contribution in [0, 0.1) is 5.82 Å². The van der Waals surface area contributed by atoms with Crippen LogP contribution in [0.3, 0.4) is 0 Å². The van der Waals surface area contributed by atoms with Crippen LogP contribution in [0.25, 0.3) is 0 Å². The number of unbranched alkanes of at least 4 members (excludes halogenated alkanes) is 1. The van der Waals surface area contributed by atoms with E-state index >= 15 is 0 Å². The predicted octanol–water partition coefficient (Wildman–Crippen LogP) is 4.75. The molecule has 5 nitrogen and oxygen atoms in total. The van der Waals surface area contributed by atoms with Crippen LogP contribution in [0.15, 0.2) is 42.5 Å². The van der Waals surface area contributed by atoms with Crippen LogP contribution in [-0.2, 0) is 22.6 Å². The van der Waals surface area contributed by atoms with E-state index in [2.05, 4.69) is 5.32 Å². The lowest BCUT2D eigenvalue weighted by molar-refractivity contribution is -0.141. The van der Waals surface area contributed by atoms with E-state index in [1.807, 2.05) is 26.0 Å². The maximum atomic E-state index is 14.3. The number of hydrogen-bond acceptors (Lipinski definition) is 3. The van der Waals surface area contributed by atoms with Crippen LogP contribution >= 0.6 is 11.6 Å². The second kappa shape index (κ2) is 12.3. The number of nitrogens with one attached hydrogen (secondary N) is 1. The number of carbonyl (C=O) groups is 2. The number of hydrogen-bond donors (Lipinski definition) is 1. The standard InChI is InChI=1S/C24H30ClFN2O3/c1-4-6-14-27-24(30)22(5-2)28(16-17-10-12-18(31-3)13-11-17)23(29)15-19-20(25)8-7-9-21(19)26/h7-13,22H,4-6,14-16H2,1-3H3,(H,27,30)/t22-/m1/s1. The summed E-state index contributed by atoms with van der Waals surface area (Å²) in [6.45, 7) is 4.67. The molecule has 0 unspecified atom stereocenters. The van der Waals surface area contributed by atoms with E-state index in [4.69, 9.17) is 16.3 Å². The summed E-state index contributed by atoms with van der Waals surface area (Å²) in [5.74, 6) is -0.410. The Hall–Kier alpha value is -2.60. The second-order valence-electron chi connectivity index (χ2n) is 7.32. The Labute approximate surface area is 188 Å². The Kier molecular flexibility index (Phi) is 9.79. The van der Waals surface area contributed by atoms with Crippen molar-refractivity contribution in [2.75, 3.05) is 13.7 Å². The third-order valence-electron chi connectivity index (χ3n) is 5.12. The molecule has 0 bridgehead atoms. The molecule has 2 aromatic rings. The van der Waals surface area contributed by atoms with Gasteiger partial charge in [0.2, 0.25) is 11.8 Å². The molecule has 0 aliphatic rings. The molecule has 0 spiro atoms. The van der Waals surface area contributed by atoms with Gasteiger partial charge in [0.1, 0.15) is 17.6 Å². The van der Waals surface area contributed by atoms with Crippen molar-refractivity contribution < 1.29 is 18.7 Å². The maximum absolute atomic E-state index is 14.3. The Bertz CT molecular complexity index is 853. The van der Waals surface area contributed by atoms with Crippen molar-refractivity contribution in [3.63, 3.8) is 0 Å². The maximum Gasteiger partial charge on any atom is 0.242 e. The predicted molar refractivity (Wildman–Crippen MR) is 121 cm³/mol. The summed E-state index contributed by atoms with van der Waals surface area (Å²) in [7, 11) is 1.58. The van der Waals surface area contributed by atoms with Crippen molar-refractivity contribution in [1.82, 2.24) is 10.2 Å². The third kappa shape index (κ3) is 6.96. The van der Waals surface area contributed by atoms with Gasteiger partial charge < -0.3 is 15.0 Å². The number of nitrogens with zero attached hydrogens (tertiary/aromatic N) is 1. The van der Waals surface area contributed by atoms with Crippen LogP contribution < -0.4 is 10.1 Å². The summed E-state index contributed by atoms with van der Waals surface area (Å²) in [6.07, 6.45) is 2.03. The van der Waals surface area contributed by atoms with E-state index in [0.717, 1.165) is 18.4 Å². The fourth-order valence-corrected chi connectivity index (χ4v) is 3.54. The van der Waals surface area contributed by atoms with Gasteiger partial charge in [-0.1, -0.05) is 50.1 Å². The third-order valence-corrected chi connectivity index (χ3v) is 5.47. The van der Waals surface area contributed by atoms with Gasteiger partial charge in [-0.3, -0.25) is 9.59 Å². The summed E-state index contributed by atoms with van der Waals surface area (Å²) in [4.78, 5) is 27.6. The van der Waals surface area contributed by atoms with Crippen molar-refractivity contribution in [2.24, 2.45) is 0 Å². The lowest BCUT2D eigenvalue weighted by Gasteiger charge is -2.31. The molecular weight excluding hydrogens is 419 g/mol. The molecule has 168 valence electrons. The first kappa shape index (κ1) is 24.7. The fraction of sp³-hybridized carbons (Fsp3) is 0.417. The van der Waals surface area contributed by atoms with Gasteiger partial charge in [0.25, 0.3) is 0 Å². The average Bonchev–Trinajstić information content (AvgIpc) is 2.76. The first-order valence-electron chi connectivity index (χ1n) is 10.5. The minimum Gasteiger partial charge on any atom is -0.497 e. The molecule has 0 radical (unpaired) electrons. The van der Waals surface area contributed by atoms with E-state index in [0.29, 0.717) is 18.7 Å². The monoisotopic (exact) mass is 448 g/mol. The Morgan fingerprint density at radius 2 is 1.87 bits per heavy atom. The largest absolute Gasteiger partial charge is 0.497 e. The topological polar surface area (TPSA) is 58.6 Å². The fourth-order valence-electron chi connectivity index (χ4n) is 3.31. The van der Waals surface area contributed by atoms with Crippen molar-refractivity contribution in [3.8, 4) is 5.75 Å². The van der Waals surface area contributed by atoms with Gasteiger partial charge in [-0.2, -0.15) is 0 Å². The van der Waals surface area contributed by atoms with Gasteiger partial charge in [-0.05, 0) is 42.7 Å². The molecule has 31 heavy (non-hydrogen) atoms. The number of ether oxygens (including phenoxy) is 1. The number of carbonyl (C=O) groups excluding carboxylic acids is 2. The first-order valence-corrected chi connectivity index (χ1v) is 10.9. The molecule has 1 atom stereocenters. The first-order chi connectivity index (χ1) is 14.9. The highest BCUT2D eigenvalue weighted by Gasteiger charge is 2.29. The molecular formula is C24H30ClFN2O3. The van der Waals surface area contributed by atoms with E-state index in [9.17, 15) is 14.0 Å². The van der Waals surface area contributed by atoms with Crippen molar-refractivity contribution in [1.29, 1.82) is 0 Å². The van der Waals surface area contributed by atoms with Crippen molar-refractivity contribution in [3.05, 3.63) is 64.4 Å². The number of methoxy groups -OCH3 is 1. The minimum absolute atomic E-state index is 0.134. The SMILES string of the molecule is CCCCNC(=O)[C@@H](CC)N(Cc1ccc(OC)cc1)C(=O)Cc1c(F)cccc1Cl. The van der Waals surface area contributed by atoms with Crippen LogP contribution in [0.1, 0.15) is 44.2 Å². The van der Waals surface area contributed by atoms with Gasteiger partial charge in [0.05, 0.1) is 13.5 Å². The Morgan fingerprint density at radius 3 is 2.45 bits per heavy atom. The quantitative estimate of drug-likeness (QED) is 0.504. The molecule has 0 saturated carbocycles.